The molecule has 1 aromatic carbocycles. The van der Waals surface area contributed by atoms with Gasteiger partial charge in [-0.3, -0.25) is 4.84 Å². The minimum absolute atomic E-state index is 0.266. The molecule has 0 spiro atoms. The molecular weight excluding hydrogens is 246 g/mol. The Kier molecular flexibility index (Phi) is 3.87. The van der Waals surface area contributed by atoms with Gasteiger partial charge in [-0.25, -0.2) is 9.86 Å². The molecule has 1 aromatic rings. The SMILES string of the molecule is CCON1c2ccccc2C=CC1(OCC)C(=O)O. The number of carboxylic acid groups (broad SMARTS) is 1. The standard InChI is InChI=1S/C14H17NO4/c1-3-18-14(13(16)17)10-9-11-7-5-6-8-12(11)15(14)19-4-2/h5-10H,3-4H2,1-2H3,(H,16,17). The molecule has 0 aliphatic carbocycles. The molecule has 1 N–H and O–H groups in total. The third kappa shape index (κ3) is 2.22. The molecule has 19 heavy (non-hydrogen) atoms. The van der Waals surface area contributed by atoms with Crippen molar-refractivity contribution in [3.63, 3.8) is 0 Å². The van der Waals surface area contributed by atoms with Crippen LogP contribution in [0.2, 0.25) is 0 Å². The van der Waals surface area contributed by atoms with Gasteiger partial charge >= 0.3 is 5.97 Å². The summed E-state index contributed by atoms with van der Waals surface area (Å²) in [5.74, 6) is -1.10. The molecular formula is C14H17NO4. The zero-order chi connectivity index (χ0) is 13.9. The number of hydrogen-bond acceptors (Lipinski definition) is 4. The molecule has 2 rings (SSSR count). The number of nitrogens with zero attached hydrogens (tertiary/aromatic N) is 1. The molecule has 0 saturated carbocycles. The zero-order valence-corrected chi connectivity index (χ0v) is 11.0. The highest BCUT2D eigenvalue weighted by Crippen LogP contribution is 2.36. The molecule has 0 bridgehead atoms. The summed E-state index contributed by atoms with van der Waals surface area (Å²) in [5.41, 5.74) is -0.0331. The zero-order valence-electron chi connectivity index (χ0n) is 11.0. The number of aliphatic carboxylic acids is 1. The highest BCUT2D eigenvalue weighted by atomic mass is 16.7. The molecule has 5 nitrogen and oxygen atoms in total. The maximum atomic E-state index is 11.7. The number of rotatable bonds is 5. The number of carbonyl (C=O) groups is 1. The number of fused-ring (bicyclic) bond motifs is 1. The van der Waals surface area contributed by atoms with Gasteiger partial charge < -0.3 is 9.84 Å². The quantitative estimate of drug-likeness (QED) is 0.883. The fourth-order valence-corrected chi connectivity index (χ4v) is 2.10. The second kappa shape index (κ2) is 5.42. The lowest BCUT2D eigenvalue weighted by atomic mass is 10.0. The third-order valence-corrected chi connectivity index (χ3v) is 2.88. The molecule has 1 atom stereocenters. The van der Waals surface area contributed by atoms with Crippen molar-refractivity contribution in [3.8, 4) is 0 Å². The predicted molar refractivity (Wildman–Crippen MR) is 71.6 cm³/mol. The molecule has 1 unspecified atom stereocenters. The Labute approximate surface area is 112 Å². The number of carboxylic acids is 1. The monoisotopic (exact) mass is 263 g/mol. The van der Waals surface area contributed by atoms with Crippen LogP contribution in [0.1, 0.15) is 19.4 Å². The second-order valence-corrected chi connectivity index (χ2v) is 4.04. The van der Waals surface area contributed by atoms with Crippen molar-refractivity contribution in [3.05, 3.63) is 35.9 Å². The van der Waals surface area contributed by atoms with E-state index in [0.717, 1.165) is 5.56 Å². The van der Waals surface area contributed by atoms with Crippen LogP contribution in [0.5, 0.6) is 0 Å². The molecule has 1 aliphatic rings. The number of hydroxylamine groups is 1. The van der Waals surface area contributed by atoms with Crippen molar-refractivity contribution in [2.45, 2.75) is 19.6 Å². The fraction of sp³-hybridized carbons (Fsp3) is 0.357. The lowest BCUT2D eigenvalue weighted by Gasteiger charge is -2.40. The summed E-state index contributed by atoms with van der Waals surface area (Å²) >= 11 is 0. The van der Waals surface area contributed by atoms with E-state index >= 15 is 0 Å². The topological polar surface area (TPSA) is 59.0 Å². The van der Waals surface area contributed by atoms with Gasteiger partial charge in [0.25, 0.3) is 5.72 Å². The lowest BCUT2D eigenvalue weighted by Crippen LogP contribution is -2.57. The number of hydrogen-bond donors (Lipinski definition) is 1. The van der Waals surface area contributed by atoms with Gasteiger partial charge in [0, 0.05) is 12.2 Å². The van der Waals surface area contributed by atoms with Crippen LogP contribution in [0.4, 0.5) is 5.69 Å². The Balaban J connectivity index is 2.54. The summed E-state index contributed by atoms with van der Waals surface area (Å²) in [7, 11) is 0. The Hall–Kier alpha value is -1.85. The van der Waals surface area contributed by atoms with Crippen LogP contribution < -0.4 is 5.06 Å². The first kappa shape index (κ1) is 13.6. The second-order valence-electron chi connectivity index (χ2n) is 4.04. The van der Waals surface area contributed by atoms with Crippen molar-refractivity contribution in [1.29, 1.82) is 0 Å². The molecule has 1 aliphatic heterocycles. The van der Waals surface area contributed by atoms with Gasteiger partial charge in [0.2, 0.25) is 0 Å². The largest absolute Gasteiger partial charge is 0.477 e. The van der Waals surface area contributed by atoms with E-state index in [1.54, 1.807) is 19.9 Å². The van der Waals surface area contributed by atoms with Crippen LogP contribution in [-0.2, 0) is 14.4 Å². The van der Waals surface area contributed by atoms with Crippen LogP contribution in [0.25, 0.3) is 6.08 Å². The van der Waals surface area contributed by atoms with Gasteiger partial charge in [0.05, 0.1) is 12.3 Å². The van der Waals surface area contributed by atoms with Crippen LogP contribution in [0.15, 0.2) is 30.3 Å². The van der Waals surface area contributed by atoms with Gasteiger partial charge in [-0.1, -0.05) is 24.3 Å². The molecule has 0 amide bonds. The Morgan fingerprint density at radius 2 is 2.05 bits per heavy atom. The predicted octanol–water partition coefficient (Wildman–Crippen LogP) is 2.29. The van der Waals surface area contributed by atoms with E-state index in [1.165, 1.54) is 11.1 Å². The maximum absolute atomic E-state index is 11.7. The van der Waals surface area contributed by atoms with Crippen LogP contribution in [0.3, 0.4) is 0 Å². The minimum Gasteiger partial charge on any atom is -0.477 e. The summed E-state index contributed by atoms with van der Waals surface area (Å²) in [6, 6.07) is 7.44. The minimum atomic E-state index is -1.61. The normalized spacial score (nSPS) is 21.3. The number of benzene rings is 1. The first-order chi connectivity index (χ1) is 9.15. The average molecular weight is 263 g/mol. The van der Waals surface area contributed by atoms with E-state index in [-0.39, 0.29) is 6.61 Å². The summed E-state index contributed by atoms with van der Waals surface area (Å²) in [6.45, 7) is 4.18. The van der Waals surface area contributed by atoms with E-state index in [0.29, 0.717) is 12.3 Å². The molecule has 0 aromatic heterocycles. The summed E-state index contributed by atoms with van der Waals surface area (Å²) in [4.78, 5) is 17.2. The molecule has 5 heteroatoms. The molecule has 0 fully saturated rings. The highest BCUT2D eigenvalue weighted by Gasteiger charge is 2.47. The average Bonchev–Trinajstić information content (AvgIpc) is 2.41. The fourth-order valence-electron chi connectivity index (χ4n) is 2.10. The number of anilines is 1. The summed E-state index contributed by atoms with van der Waals surface area (Å²) in [5, 5.41) is 10.9. The van der Waals surface area contributed by atoms with E-state index < -0.39 is 11.7 Å². The molecule has 0 radical (unpaired) electrons. The van der Waals surface area contributed by atoms with E-state index in [1.807, 2.05) is 24.3 Å². The third-order valence-electron chi connectivity index (χ3n) is 2.88. The van der Waals surface area contributed by atoms with Gasteiger partial charge in [-0.15, -0.1) is 0 Å². The van der Waals surface area contributed by atoms with Gasteiger partial charge in [-0.2, -0.15) is 0 Å². The molecule has 1 heterocycles. The Bertz CT molecular complexity index is 500. The molecule has 102 valence electrons. The van der Waals surface area contributed by atoms with E-state index in [4.69, 9.17) is 9.57 Å². The van der Waals surface area contributed by atoms with E-state index in [9.17, 15) is 9.90 Å². The Morgan fingerprint density at radius 3 is 2.68 bits per heavy atom. The molecule has 0 saturated heterocycles. The summed E-state index contributed by atoms with van der Waals surface area (Å²) < 4.78 is 5.47. The lowest BCUT2D eigenvalue weighted by molar-refractivity contribution is -0.169. The highest BCUT2D eigenvalue weighted by molar-refractivity contribution is 5.89. The summed E-state index contributed by atoms with van der Waals surface area (Å²) in [6.07, 6.45) is 3.26. The first-order valence-corrected chi connectivity index (χ1v) is 6.24. The van der Waals surface area contributed by atoms with E-state index in [2.05, 4.69) is 0 Å². The van der Waals surface area contributed by atoms with Crippen LogP contribution in [0, 0.1) is 0 Å². The van der Waals surface area contributed by atoms with Gasteiger partial charge in [-0.05, 0) is 26.0 Å². The number of ether oxygens (including phenoxy) is 1. The van der Waals surface area contributed by atoms with Gasteiger partial charge in [0.1, 0.15) is 0 Å². The van der Waals surface area contributed by atoms with Gasteiger partial charge in [0.15, 0.2) is 0 Å². The first-order valence-electron chi connectivity index (χ1n) is 6.24. The number of para-hydroxylation sites is 1. The Morgan fingerprint density at radius 1 is 1.32 bits per heavy atom. The van der Waals surface area contributed by atoms with Crippen molar-refractivity contribution in [2.75, 3.05) is 18.3 Å². The van der Waals surface area contributed by atoms with Crippen molar-refractivity contribution in [2.24, 2.45) is 0 Å². The smallest absolute Gasteiger partial charge is 0.364 e. The van der Waals surface area contributed by atoms with Crippen LogP contribution >= 0.6 is 0 Å². The van der Waals surface area contributed by atoms with Crippen molar-refractivity contribution < 1.29 is 19.5 Å². The van der Waals surface area contributed by atoms with Crippen molar-refractivity contribution in [1.82, 2.24) is 0 Å². The maximum Gasteiger partial charge on any atom is 0.364 e. The van der Waals surface area contributed by atoms with Crippen molar-refractivity contribution >= 4 is 17.7 Å². The van der Waals surface area contributed by atoms with Crippen LogP contribution in [-0.4, -0.2) is 30.0 Å².